The molecule has 5 heteroatoms. The number of rotatable bonds is 6. The molecule has 0 radical (unpaired) electrons. The molecule has 0 aliphatic carbocycles. The summed E-state index contributed by atoms with van der Waals surface area (Å²) in [5.41, 5.74) is 2.95. The van der Waals surface area contributed by atoms with Gasteiger partial charge in [0.15, 0.2) is 0 Å². The number of aliphatic hydroxyl groups is 1. The molecule has 20 heavy (non-hydrogen) atoms. The van der Waals surface area contributed by atoms with Crippen LogP contribution in [0.15, 0.2) is 18.2 Å². The van der Waals surface area contributed by atoms with Gasteiger partial charge < -0.3 is 19.9 Å². The fourth-order valence-electron chi connectivity index (χ4n) is 2.20. The normalized spacial score (nSPS) is 13.3. The minimum atomic E-state index is -0.496. The topological polar surface area (TPSA) is 53.3 Å². The molecule has 1 aromatic carbocycles. The quantitative estimate of drug-likeness (QED) is 0.775. The van der Waals surface area contributed by atoms with Crippen molar-refractivity contribution in [3.63, 3.8) is 0 Å². The molecule has 1 atom stereocenters. The van der Waals surface area contributed by atoms with Crippen molar-refractivity contribution < 1.29 is 5.11 Å². The molecule has 0 bridgehead atoms. The monoisotopic (exact) mass is 276 g/mol. The molecular weight excluding hydrogens is 252 g/mol. The number of aromatic nitrogens is 2. The zero-order valence-corrected chi connectivity index (χ0v) is 12.7. The second-order valence-electron chi connectivity index (χ2n) is 5.49. The maximum absolute atomic E-state index is 10.2. The van der Waals surface area contributed by atoms with Gasteiger partial charge in [0.1, 0.15) is 5.82 Å². The molecular formula is C15H24N4O. The summed E-state index contributed by atoms with van der Waals surface area (Å²) in [7, 11) is 6.08. The van der Waals surface area contributed by atoms with Gasteiger partial charge in [-0.15, -0.1) is 0 Å². The number of hydrogen-bond acceptors (Lipinski definition) is 4. The van der Waals surface area contributed by atoms with Crippen molar-refractivity contribution >= 4 is 11.0 Å². The van der Waals surface area contributed by atoms with Crippen molar-refractivity contribution in [1.29, 1.82) is 0 Å². The van der Waals surface area contributed by atoms with Crippen LogP contribution in [0.3, 0.4) is 0 Å². The van der Waals surface area contributed by atoms with Gasteiger partial charge in [0.05, 0.1) is 17.1 Å². The van der Waals surface area contributed by atoms with Crippen LogP contribution in [0.25, 0.3) is 11.0 Å². The Morgan fingerprint density at radius 1 is 1.40 bits per heavy atom. The Morgan fingerprint density at radius 3 is 2.85 bits per heavy atom. The van der Waals surface area contributed by atoms with Crippen molar-refractivity contribution in [1.82, 2.24) is 19.8 Å². The van der Waals surface area contributed by atoms with E-state index in [0.29, 0.717) is 6.54 Å². The zero-order valence-electron chi connectivity index (χ0n) is 12.7. The molecule has 0 saturated heterocycles. The number of aryl methyl sites for hydroxylation is 2. The number of hydrogen-bond donors (Lipinski definition) is 2. The zero-order chi connectivity index (χ0) is 14.7. The van der Waals surface area contributed by atoms with Crippen molar-refractivity contribution in [3.8, 4) is 0 Å². The Morgan fingerprint density at radius 2 is 2.15 bits per heavy atom. The number of imidazole rings is 1. The minimum absolute atomic E-state index is 0.496. The van der Waals surface area contributed by atoms with Gasteiger partial charge in [-0.3, -0.25) is 0 Å². The van der Waals surface area contributed by atoms with Gasteiger partial charge in [0.25, 0.3) is 0 Å². The van der Waals surface area contributed by atoms with Gasteiger partial charge in [-0.05, 0) is 38.7 Å². The van der Waals surface area contributed by atoms with E-state index in [4.69, 9.17) is 0 Å². The molecule has 0 saturated carbocycles. The SMILES string of the molecule is Cc1nc2cc(C(O)CNCCN(C)C)ccc2n1C. The van der Waals surface area contributed by atoms with E-state index in [-0.39, 0.29) is 0 Å². The third-order valence-electron chi connectivity index (χ3n) is 3.59. The van der Waals surface area contributed by atoms with E-state index in [1.165, 1.54) is 0 Å². The summed E-state index contributed by atoms with van der Waals surface area (Å²) in [5.74, 6) is 0.982. The molecule has 1 aromatic heterocycles. The van der Waals surface area contributed by atoms with Gasteiger partial charge in [-0.1, -0.05) is 6.07 Å². The number of nitrogens with zero attached hydrogens (tertiary/aromatic N) is 3. The number of likely N-dealkylation sites (N-methyl/N-ethyl adjacent to an activating group) is 1. The summed E-state index contributed by atoms with van der Waals surface area (Å²) in [4.78, 5) is 6.61. The van der Waals surface area contributed by atoms with E-state index in [1.54, 1.807) is 0 Å². The molecule has 110 valence electrons. The first-order chi connectivity index (χ1) is 9.49. The molecule has 0 aliphatic rings. The first-order valence-corrected chi connectivity index (χ1v) is 6.95. The molecule has 1 heterocycles. The highest BCUT2D eigenvalue weighted by Gasteiger charge is 2.10. The van der Waals surface area contributed by atoms with Gasteiger partial charge in [0.2, 0.25) is 0 Å². The van der Waals surface area contributed by atoms with Crippen LogP contribution >= 0.6 is 0 Å². The Hall–Kier alpha value is -1.43. The van der Waals surface area contributed by atoms with Crippen LogP contribution in [0.4, 0.5) is 0 Å². The standard InChI is InChI=1S/C15H24N4O/c1-11-17-13-9-12(5-6-14(13)19(11)4)15(20)10-16-7-8-18(2)3/h5-6,9,15-16,20H,7-8,10H2,1-4H3. The van der Waals surface area contributed by atoms with Gasteiger partial charge >= 0.3 is 0 Å². The molecule has 0 amide bonds. The van der Waals surface area contributed by atoms with Crippen LogP contribution in [0, 0.1) is 6.92 Å². The first-order valence-electron chi connectivity index (χ1n) is 6.95. The summed E-state index contributed by atoms with van der Waals surface area (Å²) in [6.07, 6.45) is -0.496. The predicted octanol–water partition coefficient (Wildman–Crippen LogP) is 1.07. The summed E-state index contributed by atoms with van der Waals surface area (Å²) in [5, 5.41) is 13.5. The molecule has 2 rings (SSSR count). The van der Waals surface area contributed by atoms with Crippen molar-refractivity contribution in [2.75, 3.05) is 33.7 Å². The van der Waals surface area contributed by atoms with Crippen molar-refractivity contribution in [3.05, 3.63) is 29.6 Å². The summed E-state index contributed by atoms with van der Waals surface area (Å²) >= 11 is 0. The first kappa shape index (κ1) is 15.0. The smallest absolute Gasteiger partial charge is 0.106 e. The lowest BCUT2D eigenvalue weighted by Crippen LogP contribution is -2.29. The van der Waals surface area contributed by atoms with Gasteiger partial charge in [0, 0.05) is 26.7 Å². The van der Waals surface area contributed by atoms with Crippen LogP contribution in [0.5, 0.6) is 0 Å². The van der Waals surface area contributed by atoms with Crippen LogP contribution in [-0.4, -0.2) is 53.3 Å². The Kier molecular flexibility index (Phi) is 4.75. The number of nitrogens with one attached hydrogen (secondary N) is 1. The highest BCUT2D eigenvalue weighted by atomic mass is 16.3. The van der Waals surface area contributed by atoms with Crippen LogP contribution in [-0.2, 0) is 7.05 Å². The highest BCUT2D eigenvalue weighted by Crippen LogP contribution is 2.20. The average Bonchev–Trinajstić information content (AvgIpc) is 2.69. The molecule has 5 nitrogen and oxygen atoms in total. The maximum Gasteiger partial charge on any atom is 0.106 e. The van der Waals surface area contributed by atoms with Gasteiger partial charge in [-0.2, -0.15) is 0 Å². The number of benzene rings is 1. The van der Waals surface area contributed by atoms with Crippen LogP contribution in [0.2, 0.25) is 0 Å². The molecule has 1 unspecified atom stereocenters. The second-order valence-corrected chi connectivity index (χ2v) is 5.49. The largest absolute Gasteiger partial charge is 0.387 e. The summed E-state index contributed by atoms with van der Waals surface area (Å²) < 4.78 is 2.06. The molecule has 2 N–H and O–H groups in total. The lowest BCUT2D eigenvalue weighted by Gasteiger charge is -2.14. The average molecular weight is 276 g/mol. The predicted molar refractivity (Wildman–Crippen MR) is 81.8 cm³/mol. The molecule has 0 fully saturated rings. The van der Waals surface area contributed by atoms with Crippen LogP contribution < -0.4 is 5.32 Å². The van der Waals surface area contributed by atoms with Gasteiger partial charge in [-0.25, -0.2) is 4.98 Å². The Bertz CT molecular complexity index is 577. The second kappa shape index (κ2) is 6.35. The van der Waals surface area contributed by atoms with E-state index in [1.807, 2.05) is 46.3 Å². The van der Waals surface area contributed by atoms with Crippen molar-refractivity contribution in [2.24, 2.45) is 7.05 Å². The van der Waals surface area contributed by atoms with E-state index >= 15 is 0 Å². The third kappa shape index (κ3) is 3.36. The van der Waals surface area contributed by atoms with E-state index in [0.717, 1.165) is 35.5 Å². The minimum Gasteiger partial charge on any atom is -0.387 e. The summed E-state index contributed by atoms with van der Waals surface area (Å²) in [6, 6.07) is 5.97. The van der Waals surface area contributed by atoms with Crippen molar-refractivity contribution in [2.45, 2.75) is 13.0 Å². The fourth-order valence-corrected chi connectivity index (χ4v) is 2.20. The van der Waals surface area contributed by atoms with Crippen LogP contribution in [0.1, 0.15) is 17.5 Å². The lowest BCUT2D eigenvalue weighted by molar-refractivity contribution is 0.174. The molecule has 2 aromatic rings. The fraction of sp³-hybridized carbons (Fsp3) is 0.533. The Labute approximate surface area is 120 Å². The number of fused-ring (bicyclic) bond motifs is 1. The van der Waals surface area contributed by atoms with E-state index in [9.17, 15) is 5.11 Å². The molecule has 0 aliphatic heterocycles. The maximum atomic E-state index is 10.2. The molecule has 0 spiro atoms. The number of aliphatic hydroxyl groups excluding tert-OH is 1. The Balaban J connectivity index is 2.01. The van der Waals surface area contributed by atoms with E-state index < -0.39 is 6.10 Å². The third-order valence-corrected chi connectivity index (χ3v) is 3.59. The van der Waals surface area contributed by atoms with E-state index in [2.05, 4.69) is 19.8 Å². The summed E-state index contributed by atoms with van der Waals surface area (Å²) in [6.45, 7) is 4.38. The lowest BCUT2D eigenvalue weighted by atomic mass is 10.1. The highest BCUT2D eigenvalue weighted by molar-refractivity contribution is 5.76.